The first-order chi connectivity index (χ1) is 9.78. The van der Waals surface area contributed by atoms with E-state index in [1.54, 1.807) is 30.4 Å². The number of aryl methyl sites for hydroxylation is 1. The molecule has 2 heterocycles. The number of hydrogen-bond donors (Lipinski definition) is 1. The summed E-state index contributed by atoms with van der Waals surface area (Å²) in [5, 5.41) is 0. The van der Waals surface area contributed by atoms with Crippen LogP contribution in [0.15, 0.2) is 47.9 Å². The second-order valence-electron chi connectivity index (χ2n) is 4.45. The molecule has 2 rings (SSSR count). The smallest absolute Gasteiger partial charge is 0.137 e. The molecule has 0 aliphatic heterocycles. The Morgan fingerprint density at radius 2 is 2.05 bits per heavy atom. The van der Waals surface area contributed by atoms with Gasteiger partial charge in [0.1, 0.15) is 12.4 Å². The SMILES string of the molecule is CCc1cncc(OC[C@@H](N)CSc2ccncc2)c1. The molecule has 0 bridgehead atoms. The molecule has 0 spiro atoms. The summed E-state index contributed by atoms with van der Waals surface area (Å²) < 4.78 is 5.69. The highest BCUT2D eigenvalue weighted by Gasteiger charge is 2.05. The van der Waals surface area contributed by atoms with E-state index in [1.807, 2.05) is 24.4 Å². The van der Waals surface area contributed by atoms with E-state index in [-0.39, 0.29) is 6.04 Å². The quantitative estimate of drug-likeness (QED) is 0.794. The predicted octanol–water partition coefficient (Wildman–Crippen LogP) is 2.54. The minimum Gasteiger partial charge on any atom is -0.490 e. The van der Waals surface area contributed by atoms with Crippen LogP contribution in [-0.2, 0) is 6.42 Å². The predicted molar refractivity (Wildman–Crippen MR) is 82.0 cm³/mol. The third-order valence-electron chi connectivity index (χ3n) is 2.76. The van der Waals surface area contributed by atoms with Crippen LogP contribution in [-0.4, -0.2) is 28.4 Å². The Bertz CT molecular complexity index is 522. The molecule has 0 fully saturated rings. The first-order valence-corrected chi connectivity index (χ1v) is 7.61. The van der Waals surface area contributed by atoms with Crippen molar-refractivity contribution in [3.05, 3.63) is 48.5 Å². The highest BCUT2D eigenvalue weighted by Crippen LogP contribution is 2.17. The molecule has 2 aromatic rings. The van der Waals surface area contributed by atoms with E-state index in [1.165, 1.54) is 10.5 Å². The lowest BCUT2D eigenvalue weighted by Crippen LogP contribution is -2.30. The monoisotopic (exact) mass is 289 g/mol. The van der Waals surface area contributed by atoms with E-state index in [0.717, 1.165) is 17.9 Å². The summed E-state index contributed by atoms with van der Waals surface area (Å²) in [5.74, 6) is 1.60. The zero-order valence-electron chi connectivity index (χ0n) is 11.5. The molecule has 0 aliphatic carbocycles. The van der Waals surface area contributed by atoms with Crippen molar-refractivity contribution in [1.82, 2.24) is 9.97 Å². The molecule has 4 nitrogen and oxygen atoms in total. The summed E-state index contributed by atoms with van der Waals surface area (Å²) in [5.41, 5.74) is 7.23. The van der Waals surface area contributed by atoms with Crippen molar-refractivity contribution in [3.63, 3.8) is 0 Å². The lowest BCUT2D eigenvalue weighted by molar-refractivity contribution is 0.296. The lowest BCUT2D eigenvalue weighted by Gasteiger charge is -2.13. The number of aromatic nitrogens is 2. The van der Waals surface area contributed by atoms with Crippen molar-refractivity contribution in [2.75, 3.05) is 12.4 Å². The number of ether oxygens (including phenoxy) is 1. The van der Waals surface area contributed by atoms with Gasteiger partial charge in [-0.2, -0.15) is 0 Å². The number of rotatable bonds is 7. The van der Waals surface area contributed by atoms with Gasteiger partial charge in [-0.1, -0.05) is 6.92 Å². The molecule has 1 atom stereocenters. The van der Waals surface area contributed by atoms with E-state index >= 15 is 0 Å². The molecule has 0 saturated carbocycles. The number of nitrogens with zero attached hydrogens (tertiary/aromatic N) is 2. The van der Waals surface area contributed by atoms with Gasteiger partial charge in [0.15, 0.2) is 0 Å². The van der Waals surface area contributed by atoms with Gasteiger partial charge >= 0.3 is 0 Å². The summed E-state index contributed by atoms with van der Waals surface area (Å²) in [6, 6.07) is 5.95. The van der Waals surface area contributed by atoms with Crippen molar-refractivity contribution in [2.24, 2.45) is 5.73 Å². The van der Waals surface area contributed by atoms with Crippen LogP contribution in [0.3, 0.4) is 0 Å². The van der Waals surface area contributed by atoms with Crippen LogP contribution in [0.25, 0.3) is 0 Å². The Kier molecular flexibility index (Phi) is 5.83. The van der Waals surface area contributed by atoms with Gasteiger partial charge in [0, 0.05) is 35.3 Å². The van der Waals surface area contributed by atoms with Gasteiger partial charge in [-0.25, -0.2) is 0 Å². The highest BCUT2D eigenvalue weighted by molar-refractivity contribution is 7.99. The maximum Gasteiger partial charge on any atom is 0.137 e. The average molecular weight is 289 g/mol. The largest absolute Gasteiger partial charge is 0.490 e. The Morgan fingerprint density at radius 3 is 2.80 bits per heavy atom. The number of hydrogen-bond acceptors (Lipinski definition) is 5. The zero-order chi connectivity index (χ0) is 14.2. The first-order valence-electron chi connectivity index (χ1n) is 6.63. The molecule has 2 aromatic heterocycles. The van der Waals surface area contributed by atoms with Gasteiger partial charge in [0.2, 0.25) is 0 Å². The summed E-state index contributed by atoms with van der Waals surface area (Å²) in [7, 11) is 0. The molecule has 0 radical (unpaired) electrons. The molecule has 0 amide bonds. The molecule has 0 unspecified atom stereocenters. The van der Waals surface area contributed by atoms with Gasteiger partial charge in [0.05, 0.1) is 6.20 Å². The summed E-state index contributed by atoms with van der Waals surface area (Å²) in [6.07, 6.45) is 8.10. The number of thioether (sulfide) groups is 1. The van der Waals surface area contributed by atoms with Crippen LogP contribution in [0.5, 0.6) is 5.75 Å². The van der Waals surface area contributed by atoms with Crippen LogP contribution in [0.4, 0.5) is 0 Å². The second-order valence-corrected chi connectivity index (χ2v) is 5.54. The number of pyridine rings is 2. The third kappa shape index (κ3) is 4.83. The molecule has 2 N–H and O–H groups in total. The fourth-order valence-electron chi connectivity index (χ4n) is 1.63. The topological polar surface area (TPSA) is 61.0 Å². The Morgan fingerprint density at radius 1 is 1.25 bits per heavy atom. The third-order valence-corrected chi connectivity index (χ3v) is 3.96. The first kappa shape index (κ1) is 14.8. The maximum absolute atomic E-state index is 6.06. The fraction of sp³-hybridized carbons (Fsp3) is 0.333. The molecule has 0 aromatic carbocycles. The molecular formula is C15H19N3OS. The van der Waals surface area contributed by atoms with E-state index < -0.39 is 0 Å². The summed E-state index contributed by atoms with van der Waals surface area (Å²) in [4.78, 5) is 9.31. The minimum absolute atomic E-state index is 0.0153. The second kappa shape index (κ2) is 7.87. The molecule has 5 heteroatoms. The summed E-state index contributed by atoms with van der Waals surface area (Å²) >= 11 is 1.71. The molecule has 106 valence electrons. The number of nitrogens with two attached hydrogens (primary N) is 1. The molecule has 0 saturated heterocycles. The Hall–Kier alpha value is -1.59. The van der Waals surface area contributed by atoms with E-state index in [9.17, 15) is 0 Å². The van der Waals surface area contributed by atoms with Crippen LogP contribution >= 0.6 is 11.8 Å². The highest BCUT2D eigenvalue weighted by atomic mass is 32.2. The zero-order valence-corrected chi connectivity index (χ0v) is 12.3. The van der Waals surface area contributed by atoms with Crippen molar-refractivity contribution < 1.29 is 4.74 Å². The van der Waals surface area contributed by atoms with E-state index in [4.69, 9.17) is 10.5 Å². The average Bonchev–Trinajstić information content (AvgIpc) is 2.52. The Labute approximate surface area is 123 Å². The van der Waals surface area contributed by atoms with Crippen LogP contribution in [0.1, 0.15) is 12.5 Å². The van der Waals surface area contributed by atoms with Crippen LogP contribution in [0.2, 0.25) is 0 Å². The van der Waals surface area contributed by atoms with Gasteiger partial charge in [-0.05, 0) is 30.2 Å². The van der Waals surface area contributed by atoms with Crippen LogP contribution in [0, 0.1) is 0 Å². The maximum atomic E-state index is 6.06. The van der Waals surface area contributed by atoms with E-state index in [2.05, 4.69) is 16.9 Å². The van der Waals surface area contributed by atoms with Gasteiger partial charge in [-0.3, -0.25) is 9.97 Å². The van der Waals surface area contributed by atoms with Crippen molar-refractivity contribution >= 4 is 11.8 Å². The fourth-order valence-corrected chi connectivity index (χ4v) is 2.44. The Balaban J connectivity index is 1.75. The normalized spacial score (nSPS) is 12.1. The van der Waals surface area contributed by atoms with Gasteiger partial charge in [-0.15, -0.1) is 11.8 Å². The van der Waals surface area contributed by atoms with Gasteiger partial charge < -0.3 is 10.5 Å². The van der Waals surface area contributed by atoms with E-state index in [0.29, 0.717) is 6.61 Å². The molecule has 20 heavy (non-hydrogen) atoms. The summed E-state index contributed by atoms with van der Waals surface area (Å²) in [6.45, 7) is 2.59. The lowest BCUT2D eigenvalue weighted by atomic mass is 10.2. The van der Waals surface area contributed by atoms with Crippen LogP contribution < -0.4 is 10.5 Å². The van der Waals surface area contributed by atoms with Gasteiger partial charge in [0.25, 0.3) is 0 Å². The molecular weight excluding hydrogens is 270 g/mol. The van der Waals surface area contributed by atoms with Crippen molar-refractivity contribution in [1.29, 1.82) is 0 Å². The van der Waals surface area contributed by atoms with Crippen molar-refractivity contribution in [3.8, 4) is 5.75 Å². The minimum atomic E-state index is -0.0153. The van der Waals surface area contributed by atoms with Crippen molar-refractivity contribution in [2.45, 2.75) is 24.3 Å². The molecule has 0 aliphatic rings. The standard InChI is InChI=1S/C15H19N3OS/c1-2-12-7-14(9-18-8-12)19-10-13(16)11-20-15-3-5-17-6-4-15/h3-9,13H,2,10-11,16H2,1H3/t13-/m1/s1.